The zero-order valence-corrected chi connectivity index (χ0v) is 14.5. The minimum Gasteiger partial charge on any atom is -0.326 e. The largest absolute Gasteiger partial charge is 0.326 e. The molecule has 0 radical (unpaired) electrons. The first-order valence-electron chi connectivity index (χ1n) is 7.99. The molecule has 3 rings (SSSR count). The van der Waals surface area contributed by atoms with Crippen molar-refractivity contribution in [1.29, 1.82) is 0 Å². The maximum atomic E-state index is 12.4. The van der Waals surface area contributed by atoms with Gasteiger partial charge in [-0.05, 0) is 30.2 Å². The molecule has 0 spiro atoms. The fourth-order valence-corrected chi connectivity index (χ4v) is 4.39. The lowest BCUT2D eigenvalue weighted by Crippen LogP contribution is -2.33. The predicted molar refractivity (Wildman–Crippen MR) is 93.7 cm³/mol. The summed E-state index contributed by atoms with van der Waals surface area (Å²) in [6.07, 6.45) is 0.668. The molecule has 0 aliphatic carbocycles. The van der Waals surface area contributed by atoms with Crippen LogP contribution in [-0.4, -0.2) is 31.1 Å². The Morgan fingerprint density at radius 3 is 2.48 bits per heavy atom. The fourth-order valence-electron chi connectivity index (χ4n) is 2.82. The second-order valence-corrected chi connectivity index (χ2v) is 7.52. The van der Waals surface area contributed by atoms with E-state index < -0.39 is 15.9 Å². The molecule has 0 bridgehead atoms. The SMILES string of the molecule is CCc1ccccc1NC(=O)CCN1C(=O)c2ccccc2S1(=O)=O. The first-order valence-corrected chi connectivity index (χ1v) is 9.43. The molecule has 2 amide bonds. The molecule has 0 unspecified atom stereocenters. The Hall–Kier alpha value is -2.67. The Morgan fingerprint density at radius 2 is 1.76 bits per heavy atom. The third kappa shape index (κ3) is 3.15. The second-order valence-electron chi connectivity index (χ2n) is 5.69. The van der Waals surface area contributed by atoms with Crippen molar-refractivity contribution >= 4 is 27.5 Å². The number of aryl methyl sites for hydroxylation is 1. The lowest BCUT2D eigenvalue weighted by atomic mass is 10.1. The minimum absolute atomic E-state index is 0.00302. The van der Waals surface area contributed by atoms with Gasteiger partial charge in [-0.25, -0.2) is 12.7 Å². The normalized spacial score (nSPS) is 15.1. The van der Waals surface area contributed by atoms with Crippen LogP contribution >= 0.6 is 0 Å². The van der Waals surface area contributed by atoms with Crippen molar-refractivity contribution in [3.8, 4) is 0 Å². The average molecular weight is 358 g/mol. The summed E-state index contributed by atoms with van der Waals surface area (Å²) in [5.41, 5.74) is 1.85. The number of hydrogen-bond acceptors (Lipinski definition) is 4. The zero-order chi connectivity index (χ0) is 18.0. The minimum atomic E-state index is -3.87. The highest BCUT2D eigenvalue weighted by molar-refractivity contribution is 7.90. The molecule has 0 atom stereocenters. The lowest BCUT2D eigenvalue weighted by Gasteiger charge is -2.15. The van der Waals surface area contributed by atoms with E-state index in [0.29, 0.717) is 5.69 Å². The van der Waals surface area contributed by atoms with Gasteiger partial charge in [0.2, 0.25) is 5.91 Å². The van der Waals surface area contributed by atoms with Gasteiger partial charge in [0.1, 0.15) is 4.90 Å². The van der Waals surface area contributed by atoms with Crippen LogP contribution in [-0.2, 0) is 21.2 Å². The van der Waals surface area contributed by atoms with Gasteiger partial charge in [0.25, 0.3) is 15.9 Å². The standard InChI is InChI=1S/C18H18N2O4S/c1-2-13-7-3-5-9-15(13)19-17(21)11-12-20-18(22)14-8-4-6-10-16(14)25(20,23)24/h3-10H,2,11-12H2,1H3,(H,19,21). The predicted octanol–water partition coefficient (Wildman–Crippen LogP) is 2.42. The maximum absolute atomic E-state index is 12.4. The Balaban J connectivity index is 1.70. The van der Waals surface area contributed by atoms with Crippen molar-refractivity contribution in [2.75, 3.05) is 11.9 Å². The first kappa shape index (κ1) is 17.2. The third-order valence-electron chi connectivity index (χ3n) is 4.13. The van der Waals surface area contributed by atoms with E-state index in [2.05, 4.69) is 5.32 Å². The molecule has 0 saturated carbocycles. The summed E-state index contributed by atoms with van der Waals surface area (Å²) in [4.78, 5) is 24.5. The van der Waals surface area contributed by atoms with Crippen molar-refractivity contribution in [3.05, 3.63) is 59.7 Å². The summed E-state index contributed by atoms with van der Waals surface area (Å²) >= 11 is 0. The van der Waals surface area contributed by atoms with Gasteiger partial charge >= 0.3 is 0 Å². The summed E-state index contributed by atoms with van der Waals surface area (Å²) < 4.78 is 25.6. The maximum Gasteiger partial charge on any atom is 0.269 e. The highest BCUT2D eigenvalue weighted by Gasteiger charge is 2.40. The van der Waals surface area contributed by atoms with Gasteiger partial charge in [0, 0.05) is 18.7 Å². The van der Waals surface area contributed by atoms with Gasteiger partial charge in [0.05, 0.1) is 5.56 Å². The molecule has 2 aromatic carbocycles. The highest BCUT2D eigenvalue weighted by atomic mass is 32.2. The number of benzene rings is 2. The van der Waals surface area contributed by atoms with E-state index in [4.69, 9.17) is 0 Å². The third-order valence-corrected chi connectivity index (χ3v) is 5.97. The molecule has 0 aromatic heterocycles. The van der Waals surface area contributed by atoms with Gasteiger partial charge in [-0.1, -0.05) is 37.3 Å². The zero-order valence-electron chi connectivity index (χ0n) is 13.7. The van der Waals surface area contributed by atoms with Gasteiger partial charge in [-0.2, -0.15) is 0 Å². The molecule has 0 fully saturated rings. The molecule has 1 N–H and O–H groups in total. The number of carbonyl (C=O) groups is 2. The quantitative estimate of drug-likeness (QED) is 0.890. The van der Waals surface area contributed by atoms with E-state index >= 15 is 0 Å². The van der Waals surface area contributed by atoms with E-state index in [9.17, 15) is 18.0 Å². The van der Waals surface area contributed by atoms with Crippen LogP contribution in [0.3, 0.4) is 0 Å². The Bertz CT molecular complexity index is 938. The molecule has 25 heavy (non-hydrogen) atoms. The molecule has 0 saturated heterocycles. The van der Waals surface area contributed by atoms with Gasteiger partial charge in [-0.3, -0.25) is 9.59 Å². The van der Waals surface area contributed by atoms with Crippen LogP contribution in [0.4, 0.5) is 5.69 Å². The number of hydrogen-bond donors (Lipinski definition) is 1. The molecular weight excluding hydrogens is 340 g/mol. The topological polar surface area (TPSA) is 83.6 Å². The molecule has 6 nitrogen and oxygen atoms in total. The van der Waals surface area contributed by atoms with E-state index in [-0.39, 0.29) is 29.3 Å². The Labute approximate surface area is 146 Å². The number of anilines is 1. The van der Waals surface area contributed by atoms with E-state index in [0.717, 1.165) is 16.3 Å². The molecule has 7 heteroatoms. The number of nitrogens with zero attached hydrogens (tertiary/aromatic N) is 1. The number of carbonyl (C=O) groups excluding carboxylic acids is 2. The van der Waals surface area contributed by atoms with E-state index in [1.165, 1.54) is 12.1 Å². The lowest BCUT2D eigenvalue weighted by molar-refractivity contribution is -0.116. The Morgan fingerprint density at radius 1 is 1.08 bits per heavy atom. The van der Waals surface area contributed by atoms with Crippen molar-refractivity contribution in [2.24, 2.45) is 0 Å². The molecular formula is C18H18N2O4S. The van der Waals surface area contributed by atoms with E-state index in [1.807, 2.05) is 25.1 Å². The van der Waals surface area contributed by atoms with Crippen LogP contribution < -0.4 is 5.32 Å². The van der Waals surface area contributed by atoms with Crippen LogP contribution in [0.2, 0.25) is 0 Å². The van der Waals surface area contributed by atoms with Crippen LogP contribution in [0, 0.1) is 0 Å². The highest BCUT2D eigenvalue weighted by Crippen LogP contribution is 2.29. The first-order chi connectivity index (χ1) is 11.9. The molecule has 1 aliphatic heterocycles. The van der Waals surface area contributed by atoms with E-state index in [1.54, 1.807) is 18.2 Å². The Kier molecular flexibility index (Phi) is 4.59. The molecule has 1 heterocycles. The van der Waals surface area contributed by atoms with Crippen LogP contribution in [0.25, 0.3) is 0 Å². The summed E-state index contributed by atoms with van der Waals surface area (Å²) in [5.74, 6) is -0.919. The van der Waals surface area contributed by atoms with Gasteiger partial charge < -0.3 is 5.32 Å². The number of sulfonamides is 1. The average Bonchev–Trinajstić information content (AvgIpc) is 2.80. The van der Waals surface area contributed by atoms with Crippen LogP contribution in [0.15, 0.2) is 53.4 Å². The number of nitrogens with one attached hydrogen (secondary N) is 1. The van der Waals surface area contributed by atoms with Crippen molar-refractivity contribution in [1.82, 2.24) is 4.31 Å². The van der Waals surface area contributed by atoms with Crippen LogP contribution in [0.1, 0.15) is 29.3 Å². The van der Waals surface area contributed by atoms with Gasteiger partial charge in [0.15, 0.2) is 0 Å². The summed E-state index contributed by atoms with van der Waals surface area (Å²) in [6, 6.07) is 13.5. The monoisotopic (exact) mass is 358 g/mol. The molecule has 1 aliphatic rings. The summed E-state index contributed by atoms with van der Waals surface area (Å²) in [6.45, 7) is 1.80. The smallest absolute Gasteiger partial charge is 0.269 e. The van der Waals surface area contributed by atoms with Crippen molar-refractivity contribution in [3.63, 3.8) is 0 Å². The van der Waals surface area contributed by atoms with Gasteiger partial charge in [-0.15, -0.1) is 0 Å². The summed E-state index contributed by atoms with van der Waals surface area (Å²) in [7, 11) is -3.87. The number of amides is 2. The second kappa shape index (κ2) is 6.68. The number of rotatable bonds is 5. The molecule has 2 aromatic rings. The fraction of sp³-hybridized carbons (Fsp3) is 0.222. The van der Waals surface area contributed by atoms with Crippen molar-refractivity contribution < 1.29 is 18.0 Å². The van der Waals surface area contributed by atoms with Crippen molar-refractivity contribution in [2.45, 2.75) is 24.7 Å². The number of para-hydroxylation sites is 1. The molecule has 130 valence electrons. The number of fused-ring (bicyclic) bond motifs is 1. The van der Waals surface area contributed by atoms with Crippen LogP contribution in [0.5, 0.6) is 0 Å². The summed E-state index contributed by atoms with van der Waals surface area (Å²) in [5, 5.41) is 2.78.